The van der Waals surface area contributed by atoms with E-state index < -0.39 is 5.97 Å². The van der Waals surface area contributed by atoms with Crippen molar-refractivity contribution in [3.05, 3.63) is 53.8 Å². The molecule has 0 saturated carbocycles. The molecule has 0 spiro atoms. The number of benzene rings is 2. The Bertz CT molecular complexity index is 1140. The highest BCUT2D eigenvalue weighted by Gasteiger charge is 2.26. The van der Waals surface area contributed by atoms with E-state index in [4.69, 9.17) is 22.1 Å². The molecule has 3 N–H and O–H groups in total. The molecule has 8 heteroatoms. The van der Waals surface area contributed by atoms with Gasteiger partial charge in [-0.3, -0.25) is 9.59 Å². The Labute approximate surface area is 207 Å². The number of methoxy groups -OCH3 is 1. The highest BCUT2D eigenvalue weighted by Crippen LogP contribution is 2.33. The number of nitrogens with one attached hydrogen (secondary N) is 2. The maximum Gasteiger partial charge on any atom is 0.305 e. The first kappa shape index (κ1) is 26.2. The van der Waals surface area contributed by atoms with Crippen LogP contribution >= 0.6 is 0 Å². The zero-order valence-corrected chi connectivity index (χ0v) is 20.6. The predicted molar refractivity (Wildman–Crippen MR) is 139 cm³/mol. The van der Waals surface area contributed by atoms with Crippen molar-refractivity contribution in [3.8, 4) is 5.75 Å². The Morgan fingerprint density at radius 1 is 1.14 bits per heavy atom. The Morgan fingerprint density at radius 2 is 1.89 bits per heavy atom. The maximum atomic E-state index is 12.3. The Kier molecular flexibility index (Phi) is 9.23. The number of carbonyl (C=O) groups is 2. The van der Waals surface area contributed by atoms with Crippen LogP contribution in [0.3, 0.4) is 0 Å². The van der Waals surface area contributed by atoms with Gasteiger partial charge in [0.05, 0.1) is 19.6 Å². The van der Waals surface area contributed by atoms with Crippen LogP contribution in [-0.2, 0) is 4.79 Å². The van der Waals surface area contributed by atoms with Crippen LogP contribution in [0.5, 0.6) is 5.75 Å². The number of carboxylic acids is 1. The average Bonchev–Trinajstić information content (AvgIpc) is 3.17. The van der Waals surface area contributed by atoms with Gasteiger partial charge in [-0.05, 0) is 60.3 Å². The first-order valence-corrected chi connectivity index (χ1v) is 12.1. The van der Waals surface area contributed by atoms with Crippen LogP contribution in [-0.4, -0.2) is 38.5 Å². The summed E-state index contributed by atoms with van der Waals surface area (Å²) < 4.78 is 11.6. The van der Waals surface area contributed by atoms with Gasteiger partial charge in [-0.1, -0.05) is 33.1 Å². The summed E-state index contributed by atoms with van der Waals surface area (Å²) in [7, 11) is 8.18. The molecule has 0 aliphatic rings. The van der Waals surface area contributed by atoms with E-state index in [2.05, 4.69) is 24.5 Å². The van der Waals surface area contributed by atoms with Gasteiger partial charge in [-0.25, -0.2) is 0 Å². The number of carbonyl (C=O) groups excluding carboxylic acids is 1. The van der Waals surface area contributed by atoms with Gasteiger partial charge in [0.1, 0.15) is 24.9 Å². The summed E-state index contributed by atoms with van der Waals surface area (Å²) in [6.07, 6.45) is 4.31. The van der Waals surface area contributed by atoms with Crippen molar-refractivity contribution in [1.29, 1.82) is 0 Å². The van der Waals surface area contributed by atoms with Gasteiger partial charge >= 0.3 is 5.97 Å². The van der Waals surface area contributed by atoms with E-state index in [1.165, 1.54) is 0 Å². The van der Waals surface area contributed by atoms with Crippen molar-refractivity contribution in [2.75, 3.05) is 19.0 Å². The number of anilines is 1. The van der Waals surface area contributed by atoms with Crippen molar-refractivity contribution in [3.63, 3.8) is 0 Å². The minimum atomic E-state index is -0.952. The van der Waals surface area contributed by atoms with E-state index >= 15 is 0 Å². The molecule has 2 atom stereocenters. The van der Waals surface area contributed by atoms with E-state index in [0.717, 1.165) is 36.8 Å². The first-order valence-electron chi connectivity index (χ1n) is 12.1. The van der Waals surface area contributed by atoms with Crippen molar-refractivity contribution in [2.24, 2.45) is 5.92 Å². The largest absolute Gasteiger partial charge is 0.497 e. The number of fused-ring (bicyclic) bond motifs is 1. The summed E-state index contributed by atoms with van der Waals surface area (Å²) in [4.78, 5) is 22.9. The molecule has 7 nitrogen and oxygen atoms in total. The van der Waals surface area contributed by atoms with Gasteiger partial charge < -0.3 is 24.9 Å². The smallest absolute Gasteiger partial charge is 0.305 e. The molecule has 0 fully saturated rings. The molecule has 0 bridgehead atoms. The van der Waals surface area contributed by atoms with E-state index in [1.54, 1.807) is 19.2 Å². The third-order valence-corrected chi connectivity index (χ3v) is 6.17. The molecular weight excluding hydrogens is 443 g/mol. The second-order valence-electron chi connectivity index (χ2n) is 8.81. The third kappa shape index (κ3) is 6.81. The monoisotopic (exact) mass is 476 g/mol. The van der Waals surface area contributed by atoms with Crippen LogP contribution in [0, 0.1) is 5.92 Å². The molecule has 3 aromatic rings. The number of furan rings is 1. The normalized spacial score (nSPS) is 12.8. The molecule has 3 rings (SSSR count). The van der Waals surface area contributed by atoms with Crippen LogP contribution in [0.1, 0.15) is 68.1 Å². The highest BCUT2D eigenvalue weighted by molar-refractivity contribution is 6.39. The van der Waals surface area contributed by atoms with E-state index in [1.807, 2.05) is 30.3 Å². The van der Waals surface area contributed by atoms with Gasteiger partial charge in [-0.15, -0.1) is 0 Å². The van der Waals surface area contributed by atoms with E-state index in [-0.39, 0.29) is 30.8 Å². The zero-order chi connectivity index (χ0) is 25.4. The van der Waals surface area contributed by atoms with Crippen molar-refractivity contribution in [2.45, 2.75) is 52.0 Å². The summed E-state index contributed by atoms with van der Waals surface area (Å²) in [6, 6.07) is 12.5. The van der Waals surface area contributed by atoms with Crippen LogP contribution in [0.15, 0.2) is 46.9 Å². The molecule has 1 amide bonds. The second kappa shape index (κ2) is 12.3. The number of carboxylic acid groups (broad SMARTS) is 1. The molecule has 0 aliphatic heterocycles. The van der Waals surface area contributed by atoms with Crippen molar-refractivity contribution < 1.29 is 23.8 Å². The molecule has 0 saturated heterocycles. The average molecular weight is 476 g/mol. The third-order valence-electron chi connectivity index (χ3n) is 6.17. The summed E-state index contributed by atoms with van der Waals surface area (Å²) in [6.45, 7) is 4.46. The first-order chi connectivity index (χ1) is 16.8. The minimum absolute atomic E-state index is 0.0850. The molecule has 2 radical (unpaired) electrons. The van der Waals surface area contributed by atoms with E-state index in [0.29, 0.717) is 28.1 Å². The molecule has 2 aromatic carbocycles. The van der Waals surface area contributed by atoms with Crippen LogP contribution in [0.25, 0.3) is 11.0 Å². The van der Waals surface area contributed by atoms with Gasteiger partial charge in [0, 0.05) is 23.2 Å². The number of hydrogen-bond acceptors (Lipinski definition) is 5. The number of aliphatic carboxylic acids is 1. The second-order valence-corrected chi connectivity index (χ2v) is 8.81. The number of ether oxygens (including phenoxy) is 1. The fourth-order valence-electron chi connectivity index (χ4n) is 4.10. The Morgan fingerprint density at radius 3 is 2.54 bits per heavy atom. The highest BCUT2D eigenvalue weighted by atomic mass is 16.5. The summed E-state index contributed by atoms with van der Waals surface area (Å²) in [5.41, 5.74) is 2.59. The van der Waals surface area contributed by atoms with Gasteiger partial charge in [-0.2, -0.15) is 0 Å². The summed E-state index contributed by atoms with van der Waals surface area (Å²) >= 11 is 0. The fourth-order valence-corrected chi connectivity index (χ4v) is 4.10. The molecular formula is C27H33BN2O5. The summed E-state index contributed by atoms with van der Waals surface area (Å²) in [5.74, 6) is 0.386. The van der Waals surface area contributed by atoms with E-state index in [9.17, 15) is 9.59 Å². The molecule has 1 aromatic heterocycles. The topological polar surface area (TPSA) is 101 Å². The van der Waals surface area contributed by atoms with Crippen LogP contribution in [0.2, 0.25) is 0 Å². The minimum Gasteiger partial charge on any atom is -0.497 e. The fraction of sp³-hybridized carbons (Fsp3) is 0.407. The Hall–Kier alpha value is -3.42. The number of hydrogen-bond donors (Lipinski definition) is 3. The maximum absolute atomic E-state index is 12.3. The quantitative estimate of drug-likeness (QED) is 0.242. The lowest BCUT2D eigenvalue weighted by molar-refractivity contribution is -0.136. The lowest BCUT2D eigenvalue weighted by Gasteiger charge is -2.26. The van der Waals surface area contributed by atoms with Gasteiger partial charge in [0.2, 0.25) is 0 Å². The molecule has 1 heterocycles. The molecule has 35 heavy (non-hydrogen) atoms. The number of unbranched alkanes of at least 4 members (excludes halogenated alkanes) is 2. The standard InChI is InChI=1S/C27H33BN2O5/c1-4-5-6-7-17(2)25(26-24(28)21-16-20(34-3)12-13-22(21)35-26)30-19-10-8-18(9-11-19)27(33)29-15-14-23(31)32/h8-13,16-17,25,30H,4-7,14-15H2,1-3H3,(H,29,33)(H,31,32). The number of amides is 1. The van der Waals surface area contributed by atoms with Crippen LogP contribution < -0.4 is 20.8 Å². The van der Waals surface area contributed by atoms with Crippen molar-refractivity contribution in [1.82, 2.24) is 5.32 Å². The zero-order valence-electron chi connectivity index (χ0n) is 20.6. The lowest BCUT2D eigenvalue weighted by atomic mass is 9.85. The lowest BCUT2D eigenvalue weighted by Crippen LogP contribution is -2.26. The molecule has 184 valence electrons. The van der Waals surface area contributed by atoms with Gasteiger partial charge in [0.15, 0.2) is 0 Å². The molecule has 2 unspecified atom stereocenters. The van der Waals surface area contributed by atoms with Gasteiger partial charge in [0.25, 0.3) is 5.91 Å². The SMILES string of the molecule is [B]c1c(C(Nc2ccc(C(=O)NCCC(=O)O)cc2)C(C)CCCCC)oc2ccc(OC)cc12. The predicted octanol–water partition coefficient (Wildman–Crippen LogP) is 4.81. The number of rotatable bonds is 13. The molecule has 0 aliphatic carbocycles. The van der Waals surface area contributed by atoms with Crippen LogP contribution in [0.4, 0.5) is 5.69 Å². The Balaban J connectivity index is 1.83. The summed E-state index contributed by atoms with van der Waals surface area (Å²) in [5, 5.41) is 15.7. The van der Waals surface area contributed by atoms with Crippen molar-refractivity contribution >= 4 is 41.8 Å².